The summed E-state index contributed by atoms with van der Waals surface area (Å²) >= 11 is 0. The first-order valence-corrected chi connectivity index (χ1v) is 8.52. The second kappa shape index (κ2) is 6.12. The molecule has 1 saturated carbocycles. The highest BCUT2D eigenvalue weighted by atomic mass is 16.3. The van der Waals surface area contributed by atoms with Gasteiger partial charge in [-0.25, -0.2) is 0 Å². The molecule has 120 valence electrons. The molecule has 3 nitrogen and oxygen atoms in total. The van der Waals surface area contributed by atoms with Gasteiger partial charge in [-0.15, -0.1) is 0 Å². The first-order chi connectivity index (χ1) is 9.76. The Balaban J connectivity index is 1.95. The first kappa shape index (κ1) is 16.5. The standard InChI is InChI=1S/C18H32N2O/c1-6-17(4,5)15-7-10-18(21,11-8-15)13-16-9-12-20(19-16)14(2)3/h9,12,14-15,21H,6-8,10-11,13H2,1-5H3. The van der Waals surface area contributed by atoms with Crippen LogP contribution in [0.3, 0.4) is 0 Å². The average molecular weight is 292 g/mol. The highest BCUT2D eigenvalue weighted by Crippen LogP contribution is 2.44. The van der Waals surface area contributed by atoms with Gasteiger partial charge in [-0.2, -0.15) is 5.10 Å². The number of hydrogen-bond donors (Lipinski definition) is 1. The minimum atomic E-state index is -0.545. The lowest BCUT2D eigenvalue weighted by Crippen LogP contribution is -2.39. The summed E-state index contributed by atoms with van der Waals surface area (Å²) in [6.07, 6.45) is 8.05. The topological polar surface area (TPSA) is 38.0 Å². The van der Waals surface area contributed by atoms with E-state index in [4.69, 9.17) is 0 Å². The minimum absolute atomic E-state index is 0.384. The van der Waals surface area contributed by atoms with Crippen molar-refractivity contribution in [3.63, 3.8) is 0 Å². The van der Waals surface area contributed by atoms with Gasteiger partial charge in [0.05, 0.1) is 11.3 Å². The average Bonchev–Trinajstić information content (AvgIpc) is 2.87. The molecule has 3 heteroatoms. The molecule has 0 unspecified atom stereocenters. The van der Waals surface area contributed by atoms with Crippen LogP contribution in [0.15, 0.2) is 12.3 Å². The quantitative estimate of drug-likeness (QED) is 0.875. The SMILES string of the molecule is CCC(C)(C)C1CCC(O)(Cc2ccn(C(C)C)n2)CC1. The lowest BCUT2D eigenvalue weighted by atomic mass is 9.66. The summed E-state index contributed by atoms with van der Waals surface area (Å²) in [6.45, 7) is 11.3. The maximum absolute atomic E-state index is 10.9. The predicted octanol–water partition coefficient (Wildman–Crippen LogP) is 4.36. The third kappa shape index (κ3) is 3.88. The monoisotopic (exact) mass is 292 g/mol. The van der Waals surface area contributed by atoms with Gasteiger partial charge >= 0.3 is 0 Å². The fourth-order valence-electron chi connectivity index (χ4n) is 3.50. The molecule has 1 heterocycles. The normalized spacial score (nSPS) is 27.3. The molecule has 1 N–H and O–H groups in total. The van der Waals surface area contributed by atoms with E-state index in [1.54, 1.807) is 0 Å². The van der Waals surface area contributed by atoms with Crippen LogP contribution in [-0.2, 0) is 6.42 Å². The van der Waals surface area contributed by atoms with E-state index in [0.717, 1.165) is 37.3 Å². The maximum Gasteiger partial charge on any atom is 0.0703 e. The summed E-state index contributed by atoms with van der Waals surface area (Å²) in [5.41, 5.74) is 0.885. The van der Waals surface area contributed by atoms with Crippen LogP contribution in [0.1, 0.15) is 78.5 Å². The van der Waals surface area contributed by atoms with Crippen LogP contribution in [0, 0.1) is 11.3 Å². The molecule has 2 rings (SSSR count). The summed E-state index contributed by atoms with van der Waals surface area (Å²) in [7, 11) is 0. The van der Waals surface area contributed by atoms with Gasteiger partial charge in [0.25, 0.3) is 0 Å². The highest BCUT2D eigenvalue weighted by molar-refractivity contribution is 5.06. The molecule has 1 aliphatic carbocycles. The van der Waals surface area contributed by atoms with E-state index in [2.05, 4.69) is 45.8 Å². The number of hydrogen-bond acceptors (Lipinski definition) is 2. The van der Waals surface area contributed by atoms with Crippen LogP contribution in [0.2, 0.25) is 0 Å². The van der Waals surface area contributed by atoms with Crippen molar-refractivity contribution in [2.45, 2.75) is 84.8 Å². The summed E-state index contributed by atoms with van der Waals surface area (Å²) < 4.78 is 1.98. The molecule has 1 aromatic heterocycles. The smallest absolute Gasteiger partial charge is 0.0703 e. The van der Waals surface area contributed by atoms with E-state index in [1.165, 1.54) is 6.42 Å². The molecule has 0 saturated heterocycles. The predicted molar refractivity (Wildman–Crippen MR) is 87.3 cm³/mol. The second-order valence-corrected chi connectivity index (χ2v) is 7.90. The Bertz CT molecular complexity index is 454. The van der Waals surface area contributed by atoms with Crippen LogP contribution in [0.4, 0.5) is 0 Å². The van der Waals surface area contributed by atoms with E-state index in [0.29, 0.717) is 17.9 Å². The van der Waals surface area contributed by atoms with Crippen LogP contribution < -0.4 is 0 Å². The van der Waals surface area contributed by atoms with Gasteiger partial charge in [0.15, 0.2) is 0 Å². The number of aromatic nitrogens is 2. The lowest BCUT2D eigenvalue weighted by Gasteiger charge is -2.42. The van der Waals surface area contributed by atoms with Crippen molar-refractivity contribution >= 4 is 0 Å². The number of nitrogens with zero attached hydrogens (tertiary/aromatic N) is 2. The van der Waals surface area contributed by atoms with Gasteiger partial charge in [0.1, 0.15) is 0 Å². The zero-order valence-electron chi connectivity index (χ0n) is 14.4. The van der Waals surface area contributed by atoms with Gasteiger partial charge < -0.3 is 5.11 Å². The van der Waals surface area contributed by atoms with Gasteiger partial charge in [-0.1, -0.05) is 27.2 Å². The van der Waals surface area contributed by atoms with E-state index in [-0.39, 0.29) is 0 Å². The molecule has 0 bridgehead atoms. The fourth-order valence-corrected chi connectivity index (χ4v) is 3.50. The van der Waals surface area contributed by atoms with Gasteiger partial charge in [0.2, 0.25) is 0 Å². The Kier molecular flexibility index (Phi) is 4.82. The zero-order valence-corrected chi connectivity index (χ0v) is 14.4. The Morgan fingerprint density at radius 2 is 2.00 bits per heavy atom. The van der Waals surface area contributed by atoms with Crippen molar-refractivity contribution in [2.24, 2.45) is 11.3 Å². The van der Waals surface area contributed by atoms with Crippen molar-refractivity contribution in [2.75, 3.05) is 0 Å². The summed E-state index contributed by atoms with van der Waals surface area (Å²) in [6, 6.07) is 2.44. The molecule has 21 heavy (non-hydrogen) atoms. The van der Waals surface area contributed by atoms with Gasteiger partial charge in [0, 0.05) is 18.7 Å². The number of aliphatic hydroxyl groups is 1. The Labute approximate surface area is 129 Å². The van der Waals surface area contributed by atoms with Crippen LogP contribution in [0.5, 0.6) is 0 Å². The largest absolute Gasteiger partial charge is 0.389 e. The molecular formula is C18H32N2O. The molecule has 1 aliphatic rings. The minimum Gasteiger partial charge on any atom is -0.389 e. The molecule has 0 aromatic carbocycles. The summed E-state index contributed by atoms with van der Waals surface area (Å²) in [4.78, 5) is 0. The number of rotatable bonds is 5. The molecule has 0 radical (unpaired) electrons. The summed E-state index contributed by atoms with van der Waals surface area (Å²) in [5.74, 6) is 0.746. The maximum atomic E-state index is 10.9. The van der Waals surface area contributed by atoms with Gasteiger partial charge in [-0.05, 0) is 56.9 Å². The molecule has 0 amide bonds. The van der Waals surface area contributed by atoms with E-state index in [9.17, 15) is 5.11 Å². The Morgan fingerprint density at radius 3 is 2.48 bits per heavy atom. The van der Waals surface area contributed by atoms with Crippen molar-refractivity contribution in [3.05, 3.63) is 18.0 Å². The molecule has 1 fully saturated rings. The Hall–Kier alpha value is -0.830. The van der Waals surface area contributed by atoms with Crippen LogP contribution in [0.25, 0.3) is 0 Å². The van der Waals surface area contributed by atoms with Crippen molar-refractivity contribution < 1.29 is 5.11 Å². The highest BCUT2D eigenvalue weighted by Gasteiger charge is 2.38. The molecule has 0 aliphatic heterocycles. The lowest BCUT2D eigenvalue weighted by molar-refractivity contribution is -0.0283. The summed E-state index contributed by atoms with van der Waals surface area (Å²) in [5, 5.41) is 15.5. The van der Waals surface area contributed by atoms with Crippen molar-refractivity contribution in [1.82, 2.24) is 9.78 Å². The third-order valence-corrected chi connectivity index (χ3v) is 5.64. The first-order valence-electron chi connectivity index (χ1n) is 8.52. The van der Waals surface area contributed by atoms with E-state index >= 15 is 0 Å². The van der Waals surface area contributed by atoms with E-state index in [1.807, 2.05) is 10.9 Å². The van der Waals surface area contributed by atoms with E-state index < -0.39 is 5.60 Å². The third-order valence-electron chi connectivity index (χ3n) is 5.64. The van der Waals surface area contributed by atoms with Crippen LogP contribution >= 0.6 is 0 Å². The molecular weight excluding hydrogens is 260 g/mol. The molecule has 0 atom stereocenters. The van der Waals surface area contributed by atoms with Crippen molar-refractivity contribution in [1.29, 1.82) is 0 Å². The van der Waals surface area contributed by atoms with Crippen LogP contribution in [-0.4, -0.2) is 20.5 Å². The van der Waals surface area contributed by atoms with Crippen molar-refractivity contribution in [3.8, 4) is 0 Å². The fraction of sp³-hybridized carbons (Fsp3) is 0.833. The van der Waals surface area contributed by atoms with Gasteiger partial charge in [-0.3, -0.25) is 4.68 Å². The Morgan fingerprint density at radius 1 is 1.38 bits per heavy atom. The molecule has 1 aromatic rings. The molecule has 0 spiro atoms. The zero-order chi connectivity index (χ0) is 15.7. The second-order valence-electron chi connectivity index (χ2n) is 7.90.